The van der Waals surface area contributed by atoms with Gasteiger partial charge in [0.2, 0.25) is 0 Å². The predicted molar refractivity (Wildman–Crippen MR) is 102 cm³/mol. The SMILES string of the molecule is O=C(Nc1ccccc1C(=O)NNC(=O)c1ccccc1O)c1cccs1. The first kappa shape index (κ1) is 18.2. The van der Waals surface area contributed by atoms with Gasteiger partial charge in [-0.2, -0.15) is 0 Å². The molecule has 0 radical (unpaired) electrons. The second kappa shape index (κ2) is 8.15. The molecule has 4 N–H and O–H groups in total. The Bertz CT molecular complexity index is 986. The van der Waals surface area contributed by atoms with E-state index in [4.69, 9.17) is 0 Å². The summed E-state index contributed by atoms with van der Waals surface area (Å²) >= 11 is 1.28. The first-order valence-electron chi connectivity index (χ1n) is 7.89. The summed E-state index contributed by atoms with van der Waals surface area (Å²) in [5.74, 6) is -1.81. The van der Waals surface area contributed by atoms with Gasteiger partial charge in [-0.05, 0) is 35.7 Å². The summed E-state index contributed by atoms with van der Waals surface area (Å²) in [4.78, 5) is 37.2. The first-order valence-corrected chi connectivity index (χ1v) is 8.77. The molecule has 0 atom stereocenters. The first-order chi connectivity index (χ1) is 13.1. The fourth-order valence-corrected chi connectivity index (χ4v) is 2.91. The molecule has 1 heterocycles. The van der Waals surface area contributed by atoms with Crippen LogP contribution in [0.1, 0.15) is 30.4 Å². The highest BCUT2D eigenvalue weighted by Gasteiger charge is 2.16. The van der Waals surface area contributed by atoms with Crippen molar-refractivity contribution in [3.8, 4) is 5.75 Å². The van der Waals surface area contributed by atoms with Crippen LogP contribution in [0.5, 0.6) is 5.75 Å². The number of carbonyl (C=O) groups excluding carboxylic acids is 3. The van der Waals surface area contributed by atoms with E-state index in [0.717, 1.165) is 0 Å². The molecule has 7 nitrogen and oxygen atoms in total. The normalized spacial score (nSPS) is 10.1. The number of benzene rings is 2. The molecule has 8 heteroatoms. The molecule has 0 aliphatic carbocycles. The van der Waals surface area contributed by atoms with Gasteiger partial charge in [-0.1, -0.05) is 30.3 Å². The van der Waals surface area contributed by atoms with E-state index in [9.17, 15) is 19.5 Å². The van der Waals surface area contributed by atoms with Gasteiger partial charge in [0.1, 0.15) is 5.75 Å². The lowest BCUT2D eigenvalue weighted by atomic mass is 10.1. The number of hydrogen-bond donors (Lipinski definition) is 4. The molecule has 0 aliphatic heterocycles. The summed E-state index contributed by atoms with van der Waals surface area (Å²) in [6.45, 7) is 0. The van der Waals surface area contributed by atoms with Crippen LogP contribution in [0.25, 0.3) is 0 Å². The van der Waals surface area contributed by atoms with Crippen molar-refractivity contribution in [1.29, 1.82) is 0 Å². The Morgan fingerprint density at radius 3 is 2.04 bits per heavy atom. The molecule has 0 bridgehead atoms. The zero-order valence-corrected chi connectivity index (χ0v) is 14.7. The van der Waals surface area contributed by atoms with Gasteiger partial charge in [0.25, 0.3) is 17.7 Å². The highest BCUT2D eigenvalue weighted by atomic mass is 32.1. The number of para-hydroxylation sites is 2. The molecule has 0 aliphatic rings. The number of aromatic hydroxyl groups is 1. The van der Waals surface area contributed by atoms with Gasteiger partial charge in [-0.3, -0.25) is 25.2 Å². The average Bonchev–Trinajstić information content (AvgIpc) is 3.21. The van der Waals surface area contributed by atoms with Gasteiger partial charge < -0.3 is 10.4 Å². The molecule has 0 spiro atoms. The number of nitrogens with one attached hydrogen (secondary N) is 3. The smallest absolute Gasteiger partial charge is 0.273 e. The third-order valence-electron chi connectivity index (χ3n) is 3.60. The van der Waals surface area contributed by atoms with Gasteiger partial charge in [-0.15, -0.1) is 11.3 Å². The van der Waals surface area contributed by atoms with Crippen molar-refractivity contribution in [3.63, 3.8) is 0 Å². The van der Waals surface area contributed by atoms with E-state index in [1.165, 1.54) is 29.5 Å². The predicted octanol–water partition coefficient (Wildman–Crippen LogP) is 2.78. The van der Waals surface area contributed by atoms with Gasteiger partial charge in [0.05, 0.1) is 21.7 Å². The molecule has 0 saturated heterocycles. The van der Waals surface area contributed by atoms with E-state index in [1.54, 1.807) is 47.8 Å². The van der Waals surface area contributed by atoms with Crippen LogP contribution in [0, 0.1) is 0 Å². The fourth-order valence-electron chi connectivity index (χ4n) is 2.30. The Morgan fingerprint density at radius 2 is 1.37 bits per heavy atom. The summed E-state index contributed by atoms with van der Waals surface area (Å²) in [7, 11) is 0. The lowest BCUT2D eigenvalue weighted by molar-refractivity contribution is 0.0845. The lowest BCUT2D eigenvalue weighted by Gasteiger charge is -2.12. The number of thiophene rings is 1. The van der Waals surface area contributed by atoms with Crippen molar-refractivity contribution in [3.05, 3.63) is 82.0 Å². The number of hydrogen-bond acceptors (Lipinski definition) is 5. The summed E-state index contributed by atoms with van der Waals surface area (Å²) in [6, 6.07) is 15.8. The van der Waals surface area contributed by atoms with Crippen LogP contribution in [0.3, 0.4) is 0 Å². The third kappa shape index (κ3) is 4.31. The number of amides is 3. The van der Waals surface area contributed by atoms with E-state index < -0.39 is 11.8 Å². The summed E-state index contributed by atoms with van der Waals surface area (Å²) < 4.78 is 0. The maximum atomic E-state index is 12.4. The summed E-state index contributed by atoms with van der Waals surface area (Å²) in [5.41, 5.74) is 5.03. The van der Waals surface area contributed by atoms with Crippen LogP contribution >= 0.6 is 11.3 Å². The molecule has 3 aromatic rings. The highest BCUT2D eigenvalue weighted by Crippen LogP contribution is 2.18. The summed E-state index contributed by atoms with van der Waals surface area (Å²) in [6.07, 6.45) is 0. The van der Waals surface area contributed by atoms with E-state index in [1.807, 2.05) is 0 Å². The van der Waals surface area contributed by atoms with E-state index in [2.05, 4.69) is 16.2 Å². The number of carbonyl (C=O) groups is 3. The van der Waals surface area contributed by atoms with Crippen molar-refractivity contribution in [2.24, 2.45) is 0 Å². The molecule has 2 aromatic carbocycles. The molecule has 1 aromatic heterocycles. The van der Waals surface area contributed by atoms with E-state index >= 15 is 0 Å². The van der Waals surface area contributed by atoms with Gasteiger partial charge in [-0.25, -0.2) is 0 Å². The molecule has 0 saturated carbocycles. The molecule has 27 heavy (non-hydrogen) atoms. The van der Waals surface area contributed by atoms with Crippen molar-refractivity contribution in [2.45, 2.75) is 0 Å². The van der Waals surface area contributed by atoms with Crippen molar-refractivity contribution in [1.82, 2.24) is 10.9 Å². The van der Waals surface area contributed by atoms with Gasteiger partial charge in [0, 0.05) is 0 Å². The Labute approximate surface area is 158 Å². The third-order valence-corrected chi connectivity index (χ3v) is 4.47. The maximum Gasteiger partial charge on any atom is 0.273 e. The van der Waals surface area contributed by atoms with Crippen LogP contribution in [0.2, 0.25) is 0 Å². The molecule has 0 unspecified atom stereocenters. The fraction of sp³-hybridized carbons (Fsp3) is 0. The Morgan fingerprint density at radius 1 is 0.741 bits per heavy atom. The molecular formula is C19H15N3O4S. The van der Waals surface area contributed by atoms with Gasteiger partial charge >= 0.3 is 0 Å². The van der Waals surface area contributed by atoms with Gasteiger partial charge in [0.15, 0.2) is 0 Å². The van der Waals surface area contributed by atoms with Crippen LogP contribution in [-0.4, -0.2) is 22.8 Å². The highest BCUT2D eigenvalue weighted by molar-refractivity contribution is 7.12. The zero-order valence-electron chi connectivity index (χ0n) is 13.9. The van der Waals surface area contributed by atoms with E-state index in [0.29, 0.717) is 10.6 Å². The zero-order chi connectivity index (χ0) is 19.2. The lowest BCUT2D eigenvalue weighted by Crippen LogP contribution is -2.41. The molecule has 136 valence electrons. The monoisotopic (exact) mass is 381 g/mol. The van der Waals surface area contributed by atoms with Crippen LogP contribution < -0.4 is 16.2 Å². The Kier molecular flexibility index (Phi) is 5.48. The van der Waals surface area contributed by atoms with Crippen LogP contribution in [-0.2, 0) is 0 Å². The number of hydrazine groups is 1. The molecule has 3 rings (SSSR count). The van der Waals surface area contributed by atoms with Crippen molar-refractivity contribution >= 4 is 34.7 Å². The van der Waals surface area contributed by atoms with E-state index in [-0.39, 0.29) is 22.8 Å². The minimum absolute atomic E-state index is 0.0251. The molecule has 3 amide bonds. The Hall–Kier alpha value is -3.65. The summed E-state index contributed by atoms with van der Waals surface area (Å²) in [5, 5.41) is 14.1. The number of phenolic OH excluding ortho intramolecular Hbond substituents is 1. The van der Waals surface area contributed by atoms with Crippen LogP contribution in [0.4, 0.5) is 5.69 Å². The number of phenols is 1. The topological polar surface area (TPSA) is 108 Å². The number of anilines is 1. The largest absolute Gasteiger partial charge is 0.507 e. The quantitative estimate of drug-likeness (QED) is 0.521. The van der Waals surface area contributed by atoms with Crippen LogP contribution in [0.15, 0.2) is 66.0 Å². The average molecular weight is 381 g/mol. The number of rotatable bonds is 4. The molecular weight excluding hydrogens is 366 g/mol. The standard InChI is InChI=1S/C19H15N3O4S/c23-15-9-4-2-7-13(15)18(25)22-21-17(24)12-6-1-3-8-14(12)20-19(26)16-10-5-11-27-16/h1-11,23H,(H,20,26)(H,21,24)(H,22,25). The minimum atomic E-state index is -0.665. The molecule has 0 fully saturated rings. The second-order valence-electron chi connectivity index (χ2n) is 5.40. The minimum Gasteiger partial charge on any atom is -0.507 e. The van der Waals surface area contributed by atoms with Crippen molar-refractivity contribution in [2.75, 3.05) is 5.32 Å². The maximum absolute atomic E-state index is 12.4. The van der Waals surface area contributed by atoms with Crippen molar-refractivity contribution < 1.29 is 19.5 Å². The Balaban J connectivity index is 1.69. The second-order valence-corrected chi connectivity index (χ2v) is 6.35.